The lowest BCUT2D eigenvalue weighted by molar-refractivity contribution is 0.725. The molecule has 6 nitrogen and oxygen atoms in total. The van der Waals surface area contributed by atoms with Crippen LogP contribution in [-0.4, -0.2) is 37.1 Å². The Labute approximate surface area is 224 Å². The Balaban J connectivity index is 0.00000289. The highest BCUT2D eigenvalue weighted by atomic mass is 35.5. The van der Waals surface area contributed by atoms with Crippen LogP contribution in [0.25, 0.3) is 16.6 Å². The summed E-state index contributed by atoms with van der Waals surface area (Å²) in [6, 6.07) is 24.0. The molecule has 0 radical (unpaired) electrons. The average molecular weight is 546 g/mol. The van der Waals surface area contributed by atoms with Crippen LogP contribution in [-0.2, 0) is 13.1 Å². The summed E-state index contributed by atoms with van der Waals surface area (Å²) in [5.74, 6) is 0.853. The van der Waals surface area contributed by atoms with Crippen molar-refractivity contribution in [3.05, 3.63) is 100 Å². The number of tetrazole rings is 1. The van der Waals surface area contributed by atoms with Gasteiger partial charge in [-0.05, 0) is 51.9 Å². The zero-order valence-electron chi connectivity index (χ0n) is 18.6. The number of hydrogen-bond acceptors (Lipinski definition) is 5. The number of halogens is 3. The van der Waals surface area contributed by atoms with Crippen LogP contribution in [0, 0.1) is 0 Å². The van der Waals surface area contributed by atoms with E-state index in [0.717, 1.165) is 35.2 Å². The fraction of sp³-hybridized carbons (Fsp3) is 0.160. The Kier molecular flexibility index (Phi) is 8.70. The lowest BCUT2D eigenvalue weighted by Crippen LogP contribution is -2.16. The number of fused-ring (bicyclic) bond motifs is 1. The van der Waals surface area contributed by atoms with Crippen molar-refractivity contribution in [1.29, 1.82) is 0 Å². The maximum atomic E-state index is 6.42. The van der Waals surface area contributed by atoms with Crippen LogP contribution in [0.15, 0.2) is 84.1 Å². The van der Waals surface area contributed by atoms with Crippen LogP contribution >= 0.6 is 47.4 Å². The molecule has 1 N–H and O–H groups in total. The number of hydrogen-bond donors (Lipinski definition) is 1. The van der Waals surface area contributed by atoms with Crippen molar-refractivity contribution in [2.75, 3.05) is 12.3 Å². The molecule has 0 atom stereocenters. The van der Waals surface area contributed by atoms with Gasteiger partial charge in [-0.1, -0.05) is 77.4 Å². The molecule has 0 aliphatic carbocycles. The maximum Gasteiger partial charge on any atom is 0.214 e. The van der Waals surface area contributed by atoms with Gasteiger partial charge < -0.3 is 9.88 Å². The summed E-state index contributed by atoms with van der Waals surface area (Å²) in [5.41, 5.74) is 4.43. The van der Waals surface area contributed by atoms with Crippen molar-refractivity contribution in [1.82, 2.24) is 30.1 Å². The molecular weight excluding hydrogens is 523 g/mol. The first kappa shape index (κ1) is 25.5. The molecule has 0 spiro atoms. The van der Waals surface area contributed by atoms with E-state index in [2.05, 4.69) is 55.9 Å². The molecule has 0 saturated heterocycles. The molecule has 5 aromatic rings. The number of thioether (sulfide) groups is 1. The number of para-hydroxylation sites is 2. The fourth-order valence-electron chi connectivity index (χ4n) is 3.87. The molecule has 0 aliphatic heterocycles. The van der Waals surface area contributed by atoms with Gasteiger partial charge in [0.15, 0.2) is 0 Å². The van der Waals surface area contributed by atoms with Crippen LogP contribution < -0.4 is 5.32 Å². The first-order valence-electron chi connectivity index (χ1n) is 10.9. The molecule has 5 rings (SSSR count). The topological polar surface area (TPSA) is 60.6 Å². The van der Waals surface area contributed by atoms with Gasteiger partial charge in [0.25, 0.3) is 0 Å². The minimum Gasteiger partial charge on any atom is -0.343 e. The predicted molar refractivity (Wildman–Crippen MR) is 146 cm³/mol. The molecule has 180 valence electrons. The lowest BCUT2D eigenvalue weighted by Gasteiger charge is -2.08. The molecule has 35 heavy (non-hydrogen) atoms. The Bertz CT molecular complexity index is 1400. The van der Waals surface area contributed by atoms with Crippen molar-refractivity contribution < 1.29 is 0 Å². The summed E-state index contributed by atoms with van der Waals surface area (Å²) in [7, 11) is 0. The number of benzene rings is 3. The van der Waals surface area contributed by atoms with E-state index in [0.29, 0.717) is 16.6 Å². The lowest BCUT2D eigenvalue weighted by atomic mass is 10.2. The van der Waals surface area contributed by atoms with Crippen molar-refractivity contribution in [2.45, 2.75) is 18.2 Å². The van der Waals surface area contributed by atoms with E-state index in [-0.39, 0.29) is 12.4 Å². The monoisotopic (exact) mass is 544 g/mol. The Morgan fingerprint density at radius 2 is 1.71 bits per heavy atom. The molecule has 0 aliphatic rings. The SMILES string of the molecule is Cl.Clc1ccc(Cn2cc(CNCCSc3nnnn3-c3ccccc3)c3ccccc32)c(Cl)c1. The quantitative estimate of drug-likeness (QED) is 0.175. The Morgan fingerprint density at radius 3 is 2.54 bits per heavy atom. The first-order valence-corrected chi connectivity index (χ1v) is 12.6. The standard InChI is InChI=1S/C25H22Cl2N6S.ClH/c26-20-11-10-18(23(27)14-20)16-32-17-19(22-8-4-5-9-24(22)32)15-28-12-13-34-25-29-30-31-33(25)21-6-2-1-3-7-21;/h1-11,14,17,28H,12-13,15-16H2;1H. The molecule has 0 fully saturated rings. The second kappa shape index (κ2) is 11.9. The van der Waals surface area contributed by atoms with Gasteiger partial charge in [0, 0.05) is 52.5 Å². The van der Waals surface area contributed by atoms with Gasteiger partial charge in [0.1, 0.15) is 0 Å². The third-order valence-electron chi connectivity index (χ3n) is 5.49. The summed E-state index contributed by atoms with van der Waals surface area (Å²) in [4.78, 5) is 0. The predicted octanol–water partition coefficient (Wildman–Crippen LogP) is 6.28. The Hall–Kier alpha value is -2.55. The Morgan fingerprint density at radius 1 is 0.914 bits per heavy atom. The third kappa shape index (κ3) is 6.00. The molecule has 0 bridgehead atoms. The molecule has 10 heteroatoms. The van der Waals surface area contributed by atoms with Crippen molar-refractivity contribution in [2.24, 2.45) is 0 Å². The normalized spacial score (nSPS) is 11.0. The number of rotatable bonds is 9. The molecule has 2 heterocycles. The second-order valence-electron chi connectivity index (χ2n) is 7.77. The molecule has 3 aromatic carbocycles. The van der Waals surface area contributed by atoms with Crippen LogP contribution in [0.3, 0.4) is 0 Å². The molecular formula is C25H23Cl3N6S. The van der Waals surface area contributed by atoms with E-state index in [1.807, 2.05) is 42.5 Å². The smallest absolute Gasteiger partial charge is 0.214 e. The van der Waals surface area contributed by atoms with Gasteiger partial charge >= 0.3 is 0 Å². The summed E-state index contributed by atoms with van der Waals surface area (Å²) in [6.07, 6.45) is 2.20. The largest absolute Gasteiger partial charge is 0.343 e. The highest BCUT2D eigenvalue weighted by Gasteiger charge is 2.11. The van der Waals surface area contributed by atoms with E-state index in [9.17, 15) is 0 Å². The minimum absolute atomic E-state index is 0. The van der Waals surface area contributed by atoms with E-state index in [1.54, 1.807) is 22.5 Å². The van der Waals surface area contributed by atoms with Gasteiger partial charge in [0.05, 0.1) is 5.69 Å². The third-order valence-corrected chi connectivity index (χ3v) is 7.00. The average Bonchev–Trinajstić information content (AvgIpc) is 3.46. The second-order valence-corrected chi connectivity index (χ2v) is 9.67. The maximum absolute atomic E-state index is 6.42. The molecule has 2 aromatic heterocycles. The number of nitrogens with one attached hydrogen (secondary N) is 1. The van der Waals surface area contributed by atoms with Gasteiger partial charge in [-0.2, -0.15) is 4.68 Å². The summed E-state index contributed by atoms with van der Waals surface area (Å²) in [6.45, 7) is 2.29. The summed E-state index contributed by atoms with van der Waals surface area (Å²) < 4.78 is 4.00. The van der Waals surface area contributed by atoms with Crippen molar-refractivity contribution in [3.63, 3.8) is 0 Å². The van der Waals surface area contributed by atoms with Crippen LogP contribution in [0.1, 0.15) is 11.1 Å². The van der Waals surface area contributed by atoms with Gasteiger partial charge in [-0.25, -0.2) is 0 Å². The summed E-state index contributed by atoms with van der Waals surface area (Å²) >= 11 is 14.1. The highest BCUT2D eigenvalue weighted by molar-refractivity contribution is 7.99. The zero-order valence-corrected chi connectivity index (χ0v) is 21.8. The number of nitrogens with zero attached hydrogens (tertiary/aromatic N) is 5. The first-order chi connectivity index (χ1) is 16.7. The summed E-state index contributed by atoms with van der Waals surface area (Å²) in [5, 5.41) is 19.0. The van der Waals surface area contributed by atoms with Gasteiger partial charge in [-0.3, -0.25) is 0 Å². The van der Waals surface area contributed by atoms with Crippen LogP contribution in [0.4, 0.5) is 0 Å². The van der Waals surface area contributed by atoms with E-state index < -0.39 is 0 Å². The fourth-order valence-corrected chi connectivity index (χ4v) is 5.12. The van der Waals surface area contributed by atoms with E-state index >= 15 is 0 Å². The minimum atomic E-state index is 0. The molecule has 0 saturated carbocycles. The van der Waals surface area contributed by atoms with Crippen molar-refractivity contribution >= 4 is 58.3 Å². The molecule has 0 amide bonds. The van der Waals surface area contributed by atoms with Crippen molar-refractivity contribution in [3.8, 4) is 5.69 Å². The van der Waals surface area contributed by atoms with Crippen LogP contribution in [0.5, 0.6) is 0 Å². The van der Waals surface area contributed by atoms with E-state index in [4.69, 9.17) is 23.2 Å². The zero-order chi connectivity index (χ0) is 23.3. The highest BCUT2D eigenvalue weighted by Crippen LogP contribution is 2.26. The van der Waals surface area contributed by atoms with Gasteiger partial charge in [0.2, 0.25) is 5.16 Å². The number of aromatic nitrogens is 5. The van der Waals surface area contributed by atoms with Crippen LogP contribution in [0.2, 0.25) is 10.0 Å². The van der Waals surface area contributed by atoms with Gasteiger partial charge in [-0.15, -0.1) is 17.5 Å². The molecule has 0 unspecified atom stereocenters. The van der Waals surface area contributed by atoms with E-state index in [1.165, 1.54) is 16.5 Å².